The van der Waals surface area contributed by atoms with Gasteiger partial charge in [0.15, 0.2) is 5.82 Å². The van der Waals surface area contributed by atoms with E-state index in [1.54, 1.807) is 0 Å². The van der Waals surface area contributed by atoms with E-state index in [0.717, 1.165) is 26.6 Å². The number of rotatable bonds is 3. The van der Waals surface area contributed by atoms with Gasteiger partial charge in [-0.25, -0.2) is 9.97 Å². The summed E-state index contributed by atoms with van der Waals surface area (Å²) in [7, 11) is 0. The van der Waals surface area contributed by atoms with Gasteiger partial charge in [0.2, 0.25) is 0 Å². The maximum absolute atomic E-state index is 5.87. The van der Waals surface area contributed by atoms with E-state index in [2.05, 4.69) is 55.7 Å². The summed E-state index contributed by atoms with van der Waals surface area (Å²) in [5.74, 6) is 1.72. The van der Waals surface area contributed by atoms with Crippen molar-refractivity contribution in [2.45, 2.75) is 20.3 Å². The highest BCUT2D eigenvalue weighted by atomic mass is 79.9. The zero-order valence-electron chi connectivity index (χ0n) is 10.8. The predicted octanol–water partition coefficient (Wildman–Crippen LogP) is 4.45. The van der Waals surface area contributed by atoms with Crippen molar-refractivity contribution in [3.63, 3.8) is 0 Å². The Balaban J connectivity index is 2.43. The summed E-state index contributed by atoms with van der Waals surface area (Å²) in [5.41, 5.74) is 7.80. The van der Waals surface area contributed by atoms with Crippen molar-refractivity contribution in [2.24, 2.45) is 5.92 Å². The van der Waals surface area contributed by atoms with Crippen LogP contribution < -0.4 is 5.73 Å². The Morgan fingerprint density at radius 2 is 1.84 bits per heavy atom. The fourth-order valence-electron chi connectivity index (χ4n) is 1.81. The van der Waals surface area contributed by atoms with E-state index in [0.29, 0.717) is 17.6 Å². The maximum atomic E-state index is 5.87. The van der Waals surface area contributed by atoms with E-state index in [1.165, 1.54) is 0 Å². The molecule has 0 spiro atoms. The maximum Gasteiger partial charge on any atom is 0.161 e. The molecule has 0 saturated carbocycles. The van der Waals surface area contributed by atoms with Crippen LogP contribution in [-0.2, 0) is 6.42 Å². The highest BCUT2D eigenvalue weighted by Gasteiger charge is 2.08. The molecule has 5 heteroatoms. The van der Waals surface area contributed by atoms with Crippen LogP contribution in [0.25, 0.3) is 11.4 Å². The molecular formula is C14H15Br2N3. The lowest BCUT2D eigenvalue weighted by atomic mass is 10.1. The van der Waals surface area contributed by atoms with Crippen LogP contribution in [-0.4, -0.2) is 9.97 Å². The average molecular weight is 385 g/mol. The van der Waals surface area contributed by atoms with E-state index in [9.17, 15) is 0 Å². The molecule has 2 N–H and O–H groups in total. The molecule has 0 saturated heterocycles. The summed E-state index contributed by atoms with van der Waals surface area (Å²) in [6, 6.07) is 7.77. The first-order valence-corrected chi connectivity index (χ1v) is 7.63. The molecule has 1 heterocycles. The molecule has 0 atom stereocenters. The minimum atomic E-state index is 0.514. The normalized spacial score (nSPS) is 11.0. The molecule has 0 aliphatic rings. The monoisotopic (exact) mass is 383 g/mol. The Labute approximate surface area is 129 Å². The Morgan fingerprint density at radius 3 is 2.47 bits per heavy atom. The van der Waals surface area contributed by atoms with Crippen LogP contribution in [0.3, 0.4) is 0 Å². The van der Waals surface area contributed by atoms with E-state index in [-0.39, 0.29) is 0 Å². The summed E-state index contributed by atoms with van der Waals surface area (Å²) in [6.07, 6.45) is 0.900. The van der Waals surface area contributed by atoms with Crippen LogP contribution in [0.15, 0.2) is 33.2 Å². The highest BCUT2D eigenvalue weighted by Crippen LogP contribution is 2.28. The molecule has 100 valence electrons. The number of nitrogens with zero attached hydrogens (tertiary/aromatic N) is 2. The van der Waals surface area contributed by atoms with Gasteiger partial charge in [-0.2, -0.15) is 0 Å². The lowest BCUT2D eigenvalue weighted by molar-refractivity contribution is 0.635. The van der Waals surface area contributed by atoms with Crippen LogP contribution in [0.5, 0.6) is 0 Å². The van der Waals surface area contributed by atoms with Crippen molar-refractivity contribution in [1.82, 2.24) is 9.97 Å². The first kappa shape index (κ1) is 14.5. The molecular weight excluding hydrogens is 370 g/mol. The fraction of sp³-hybridized carbons (Fsp3) is 0.286. The first-order valence-electron chi connectivity index (χ1n) is 6.04. The first-order chi connectivity index (χ1) is 8.95. The number of anilines is 1. The second-order valence-electron chi connectivity index (χ2n) is 4.83. The van der Waals surface area contributed by atoms with Crippen molar-refractivity contribution in [3.8, 4) is 11.4 Å². The largest absolute Gasteiger partial charge is 0.384 e. The van der Waals surface area contributed by atoms with E-state index >= 15 is 0 Å². The number of benzene rings is 1. The molecule has 3 nitrogen and oxygen atoms in total. The van der Waals surface area contributed by atoms with E-state index in [1.807, 2.05) is 24.3 Å². The minimum absolute atomic E-state index is 0.514. The summed E-state index contributed by atoms with van der Waals surface area (Å²) in [4.78, 5) is 8.90. The molecule has 0 unspecified atom stereocenters. The predicted molar refractivity (Wildman–Crippen MR) is 85.8 cm³/mol. The van der Waals surface area contributed by atoms with Crippen LogP contribution in [0.1, 0.15) is 19.5 Å². The van der Waals surface area contributed by atoms with Crippen LogP contribution >= 0.6 is 31.9 Å². The summed E-state index contributed by atoms with van der Waals surface area (Å²) < 4.78 is 1.98. The van der Waals surface area contributed by atoms with Gasteiger partial charge in [-0.05, 0) is 62.4 Å². The Hall–Kier alpha value is -0.940. The lowest BCUT2D eigenvalue weighted by Crippen LogP contribution is -2.03. The van der Waals surface area contributed by atoms with Crippen LogP contribution in [0.2, 0.25) is 0 Å². The number of aromatic nitrogens is 2. The van der Waals surface area contributed by atoms with E-state index < -0.39 is 0 Å². The van der Waals surface area contributed by atoms with Gasteiger partial charge in [0, 0.05) is 26.3 Å². The minimum Gasteiger partial charge on any atom is -0.384 e. The van der Waals surface area contributed by atoms with Crippen LogP contribution in [0, 0.1) is 5.92 Å². The van der Waals surface area contributed by atoms with Crippen molar-refractivity contribution in [2.75, 3.05) is 5.73 Å². The summed E-state index contributed by atoms with van der Waals surface area (Å²) >= 11 is 6.94. The lowest BCUT2D eigenvalue weighted by Gasteiger charge is -2.08. The van der Waals surface area contributed by atoms with Crippen molar-refractivity contribution in [1.29, 1.82) is 0 Å². The molecule has 0 bridgehead atoms. The number of hydrogen-bond donors (Lipinski definition) is 1. The average Bonchev–Trinajstić information content (AvgIpc) is 2.31. The van der Waals surface area contributed by atoms with Crippen molar-refractivity contribution >= 4 is 37.7 Å². The Bertz CT molecular complexity index is 597. The summed E-state index contributed by atoms with van der Waals surface area (Å²) in [6.45, 7) is 4.32. The number of nitrogens with two attached hydrogens (primary N) is 1. The van der Waals surface area contributed by atoms with Crippen molar-refractivity contribution < 1.29 is 0 Å². The zero-order valence-corrected chi connectivity index (χ0v) is 14.0. The van der Waals surface area contributed by atoms with Gasteiger partial charge in [0.1, 0.15) is 5.82 Å². The van der Waals surface area contributed by atoms with Crippen LogP contribution in [0.4, 0.5) is 5.82 Å². The molecule has 2 aromatic rings. The smallest absolute Gasteiger partial charge is 0.161 e. The molecule has 0 radical (unpaired) electrons. The quantitative estimate of drug-likeness (QED) is 0.850. The fourth-order valence-corrected chi connectivity index (χ4v) is 2.43. The summed E-state index contributed by atoms with van der Waals surface area (Å²) in [5, 5.41) is 0. The van der Waals surface area contributed by atoms with Gasteiger partial charge in [0.05, 0.1) is 0 Å². The second-order valence-corrected chi connectivity index (χ2v) is 6.54. The molecule has 0 fully saturated rings. The molecule has 0 amide bonds. The third kappa shape index (κ3) is 3.76. The molecule has 1 aromatic heterocycles. The van der Waals surface area contributed by atoms with Crippen molar-refractivity contribution in [3.05, 3.63) is 38.9 Å². The topological polar surface area (TPSA) is 51.8 Å². The highest BCUT2D eigenvalue weighted by molar-refractivity contribution is 9.13. The Kier molecular flexibility index (Phi) is 4.58. The van der Waals surface area contributed by atoms with Gasteiger partial charge in [-0.1, -0.05) is 13.8 Å². The molecule has 2 rings (SSSR count). The van der Waals surface area contributed by atoms with E-state index in [4.69, 9.17) is 5.73 Å². The number of nitrogen functional groups attached to an aromatic ring is 1. The van der Waals surface area contributed by atoms with Gasteiger partial charge >= 0.3 is 0 Å². The molecule has 0 aliphatic heterocycles. The third-order valence-corrected chi connectivity index (χ3v) is 4.47. The zero-order chi connectivity index (χ0) is 14.0. The SMILES string of the molecule is CC(C)Cc1cc(N)nc(-c2ccc(Br)c(Br)c2)n1. The second kappa shape index (κ2) is 6.01. The molecule has 0 aliphatic carbocycles. The number of halogens is 2. The molecule has 19 heavy (non-hydrogen) atoms. The van der Waals surface area contributed by atoms with Gasteiger partial charge in [-0.3, -0.25) is 0 Å². The number of hydrogen-bond acceptors (Lipinski definition) is 3. The Morgan fingerprint density at radius 1 is 1.11 bits per heavy atom. The van der Waals surface area contributed by atoms with Gasteiger partial charge in [-0.15, -0.1) is 0 Å². The van der Waals surface area contributed by atoms with Gasteiger partial charge < -0.3 is 5.73 Å². The van der Waals surface area contributed by atoms with Gasteiger partial charge in [0.25, 0.3) is 0 Å². The standard InChI is InChI=1S/C14H15Br2N3/c1-8(2)5-10-7-13(17)19-14(18-10)9-3-4-11(15)12(16)6-9/h3-4,6-8H,5H2,1-2H3,(H2,17,18,19). The molecule has 1 aromatic carbocycles. The third-order valence-electron chi connectivity index (χ3n) is 2.59.